The van der Waals surface area contributed by atoms with E-state index in [-0.39, 0.29) is 24.0 Å². The third-order valence-corrected chi connectivity index (χ3v) is 4.52. The molecule has 0 aliphatic carbocycles. The fourth-order valence-electron chi connectivity index (χ4n) is 2.95. The highest BCUT2D eigenvalue weighted by Crippen LogP contribution is 2.09. The van der Waals surface area contributed by atoms with Crippen LogP contribution in [-0.4, -0.2) is 33.1 Å². The van der Waals surface area contributed by atoms with Gasteiger partial charge in [0.05, 0.1) is 6.54 Å². The highest BCUT2D eigenvalue weighted by Gasteiger charge is 2.06. The van der Waals surface area contributed by atoms with Crippen LogP contribution in [0.15, 0.2) is 35.7 Å². The van der Waals surface area contributed by atoms with Crippen molar-refractivity contribution in [1.82, 2.24) is 25.2 Å². The summed E-state index contributed by atoms with van der Waals surface area (Å²) in [4.78, 5) is 13.5. The van der Waals surface area contributed by atoms with E-state index in [2.05, 4.69) is 47.4 Å². The number of hydrogen-bond donors (Lipinski definition) is 2. The van der Waals surface area contributed by atoms with Crippen LogP contribution in [0.5, 0.6) is 0 Å². The summed E-state index contributed by atoms with van der Waals surface area (Å²) in [5.41, 5.74) is 1.09. The van der Waals surface area contributed by atoms with Crippen molar-refractivity contribution in [1.29, 1.82) is 0 Å². The van der Waals surface area contributed by atoms with Gasteiger partial charge in [0.25, 0.3) is 0 Å². The molecule has 1 unspecified atom stereocenters. The average molecular weight is 498 g/mol. The first-order valence-corrected chi connectivity index (χ1v) is 10.1. The van der Waals surface area contributed by atoms with E-state index in [1.165, 1.54) is 32.1 Å². The molecule has 2 aromatic heterocycles. The number of pyridine rings is 1. The predicted molar refractivity (Wildman–Crippen MR) is 128 cm³/mol. The minimum atomic E-state index is 0. The Morgan fingerprint density at radius 2 is 2.00 bits per heavy atom. The Labute approximate surface area is 186 Å². The number of aliphatic imine (C=N–C) groups is 1. The second-order valence-electron chi connectivity index (χ2n) is 6.96. The summed E-state index contributed by atoms with van der Waals surface area (Å²) in [6.45, 7) is 9.99. The van der Waals surface area contributed by atoms with Crippen LogP contribution in [0.1, 0.15) is 64.3 Å². The number of unbranched alkanes of at least 4 members (excludes halogenated alkanes) is 3. The number of aromatic nitrogens is 3. The van der Waals surface area contributed by atoms with Gasteiger partial charge in [-0.25, -0.2) is 15.0 Å². The van der Waals surface area contributed by atoms with Gasteiger partial charge in [0.2, 0.25) is 0 Å². The molecular weight excluding hydrogens is 463 g/mol. The Morgan fingerprint density at radius 1 is 1.18 bits per heavy atom. The third-order valence-electron chi connectivity index (χ3n) is 4.52. The van der Waals surface area contributed by atoms with Gasteiger partial charge in [-0.3, -0.25) is 4.57 Å². The second-order valence-corrected chi connectivity index (χ2v) is 6.96. The molecule has 0 aromatic carbocycles. The molecule has 0 bridgehead atoms. The molecule has 0 amide bonds. The van der Waals surface area contributed by atoms with Crippen molar-refractivity contribution < 1.29 is 0 Å². The lowest BCUT2D eigenvalue weighted by Crippen LogP contribution is -2.42. The van der Waals surface area contributed by atoms with E-state index < -0.39 is 0 Å². The molecule has 2 aromatic rings. The molecule has 2 N–H and O–H groups in total. The van der Waals surface area contributed by atoms with Crippen LogP contribution in [0.25, 0.3) is 5.82 Å². The molecule has 0 fully saturated rings. The number of rotatable bonds is 10. The van der Waals surface area contributed by atoms with Gasteiger partial charge in [0.1, 0.15) is 11.6 Å². The van der Waals surface area contributed by atoms with Gasteiger partial charge in [-0.15, -0.1) is 24.0 Å². The van der Waals surface area contributed by atoms with Crippen LogP contribution >= 0.6 is 24.0 Å². The van der Waals surface area contributed by atoms with Gasteiger partial charge in [0.15, 0.2) is 5.96 Å². The maximum atomic E-state index is 4.71. The Hall–Kier alpha value is -1.64. The first-order valence-electron chi connectivity index (χ1n) is 10.1. The van der Waals surface area contributed by atoms with Gasteiger partial charge in [0, 0.05) is 31.2 Å². The molecule has 2 rings (SSSR count). The maximum absolute atomic E-state index is 4.71. The zero-order valence-electron chi connectivity index (χ0n) is 17.6. The van der Waals surface area contributed by atoms with Crippen molar-refractivity contribution >= 4 is 29.9 Å². The van der Waals surface area contributed by atoms with Crippen LogP contribution < -0.4 is 10.6 Å². The number of nitrogens with zero attached hydrogens (tertiary/aromatic N) is 4. The van der Waals surface area contributed by atoms with Crippen LogP contribution in [0, 0.1) is 6.92 Å². The van der Waals surface area contributed by atoms with Gasteiger partial charge in [-0.2, -0.15) is 0 Å². The number of halogens is 1. The molecule has 2 heterocycles. The zero-order chi connectivity index (χ0) is 19.5. The minimum absolute atomic E-state index is 0. The topological polar surface area (TPSA) is 67.1 Å². The molecule has 6 nitrogen and oxygen atoms in total. The fraction of sp³-hybridized carbons (Fsp3) is 0.571. The summed E-state index contributed by atoms with van der Waals surface area (Å²) < 4.78 is 1.97. The lowest BCUT2D eigenvalue weighted by atomic mass is 10.1. The lowest BCUT2D eigenvalue weighted by Gasteiger charge is -2.17. The van der Waals surface area contributed by atoms with Gasteiger partial charge >= 0.3 is 0 Å². The highest BCUT2D eigenvalue weighted by atomic mass is 127. The molecular formula is C21H35IN6. The van der Waals surface area contributed by atoms with Crippen molar-refractivity contribution in [2.45, 2.75) is 72.4 Å². The van der Waals surface area contributed by atoms with Crippen LogP contribution in [0.4, 0.5) is 0 Å². The monoisotopic (exact) mass is 498 g/mol. The Kier molecular flexibility index (Phi) is 11.8. The molecule has 0 saturated heterocycles. The number of imidazole rings is 1. The van der Waals surface area contributed by atoms with Gasteiger partial charge < -0.3 is 10.6 Å². The van der Waals surface area contributed by atoms with E-state index in [0.717, 1.165) is 29.7 Å². The first kappa shape index (κ1) is 24.4. The van der Waals surface area contributed by atoms with Gasteiger partial charge in [-0.1, -0.05) is 38.7 Å². The minimum Gasteiger partial charge on any atom is -0.357 e. The summed E-state index contributed by atoms with van der Waals surface area (Å²) in [6, 6.07) is 4.50. The van der Waals surface area contributed by atoms with E-state index in [1.54, 1.807) is 6.20 Å². The van der Waals surface area contributed by atoms with E-state index in [4.69, 9.17) is 4.99 Å². The quantitative estimate of drug-likeness (QED) is 0.217. The van der Waals surface area contributed by atoms with E-state index in [9.17, 15) is 0 Å². The number of guanidine groups is 1. The SMILES string of the molecule is CCCCCCC(C)NC(=NCc1ccc(-n2ccnc2C)nc1)NCC.I. The van der Waals surface area contributed by atoms with E-state index >= 15 is 0 Å². The molecule has 28 heavy (non-hydrogen) atoms. The first-order chi connectivity index (χ1) is 13.1. The summed E-state index contributed by atoms with van der Waals surface area (Å²) in [5.74, 6) is 2.68. The van der Waals surface area contributed by atoms with E-state index in [1.807, 2.05) is 30.0 Å². The molecule has 0 radical (unpaired) electrons. The largest absolute Gasteiger partial charge is 0.357 e. The van der Waals surface area contributed by atoms with Crippen molar-refractivity contribution in [2.24, 2.45) is 4.99 Å². The zero-order valence-corrected chi connectivity index (χ0v) is 19.9. The van der Waals surface area contributed by atoms with Crippen molar-refractivity contribution in [3.05, 3.63) is 42.1 Å². The smallest absolute Gasteiger partial charge is 0.191 e. The molecule has 156 valence electrons. The van der Waals surface area contributed by atoms with Gasteiger partial charge in [-0.05, 0) is 38.8 Å². The Balaban J connectivity index is 0.00000392. The predicted octanol–water partition coefficient (Wildman–Crippen LogP) is 4.61. The molecule has 0 spiro atoms. The Morgan fingerprint density at radius 3 is 2.61 bits per heavy atom. The summed E-state index contributed by atoms with van der Waals surface area (Å²) in [6.07, 6.45) is 11.9. The molecule has 1 atom stereocenters. The summed E-state index contributed by atoms with van der Waals surface area (Å²) in [5, 5.41) is 6.85. The standard InChI is InChI=1S/C21H34N6.HI/c1-5-7-8-9-10-17(3)26-21(22-6-2)25-16-19-11-12-20(24-15-19)27-14-13-23-18(27)4;/h11-15,17H,5-10,16H2,1-4H3,(H2,22,25,26);1H. The maximum Gasteiger partial charge on any atom is 0.191 e. The van der Waals surface area contributed by atoms with E-state index in [0.29, 0.717) is 12.6 Å². The molecule has 0 aliphatic rings. The van der Waals surface area contributed by atoms with Crippen LogP contribution in [0.2, 0.25) is 0 Å². The molecule has 0 saturated carbocycles. The van der Waals surface area contributed by atoms with Crippen molar-refractivity contribution in [2.75, 3.05) is 6.54 Å². The van der Waals surface area contributed by atoms with Crippen molar-refractivity contribution in [3.8, 4) is 5.82 Å². The number of hydrogen-bond acceptors (Lipinski definition) is 3. The fourth-order valence-corrected chi connectivity index (χ4v) is 2.95. The van der Waals surface area contributed by atoms with Crippen LogP contribution in [0.3, 0.4) is 0 Å². The normalized spacial score (nSPS) is 12.4. The van der Waals surface area contributed by atoms with Crippen molar-refractivity contribution in [3.63, 3.8) is 0 Å². The third kappa shape index (κ3) is 8.16. The molecule has 0 aliphatic heterocycles. The molecule has 7 heteroatoms. The summed E-state index contributed by atoms with van der Waals surface area (Å²) in [7, 11) is 0. The number of aryl methyl sites for hydroxylation is 1. The highest BCUT2D eigenvalue weighted by molar-refractivity contribution is 14.0. The average Bonchev–Trinajstić information content (AvgIpc) is 3.10. The summed E-state index contributed by atoms with van der Waals surface area (Å²) >= 11 is 0. The van der Waals surface area contributed by atoms with Crippen LogP contribution in [-0.2, 0) is 6.54 Å². The lowest BCUT2D eigenvalue weighted by molar-refractivity contribution is 0.537. The number of nitrogens with one attached hydrogen (secondary N) is 2. The second kappa shape index (κ2) is 13.5. The Bertz CT molecular complexity index is 695.